The standard InChI is InChI=1S/C12H16N2/c1-14-11-4-6-12(14,7-5-11)10-3-2-8-13-9-10/h2-3,8-9,11H,4-7H2,1H3. The van der Waals surface area contributed by atoms with Crippen LogP contribution in [0.15, 0.2) is 24.5 Å². The minimum Gasteiger partial charge on any atom is -0.294 e. The predicted molar refractivity (Wildman–Crippen MR) is 55.9 cm³/mol. The number of hydrogen-bond donors (Lipinski definition) is 0. The zero-order valence-electron chi connectivity index (χ0n) is 8.61. The molecule has 0 amide bonds. The zero-order valence-corrected chi connectivity index (χ0v) is 8.61. The molecule has 2 aliphatic heterocycles. The molecule has 1 aromatic heterocycles. The van der Waals surface area contributed by atoms with Crippen molar-refractivity contribution in [1.29, 1.82) is 0 Å². The summed E-state index contributed by atoms with van der Waals surface area (Å²) in [6.45, 7) is 0. The van der Waals surface area contributed by atoms with Crippen molar-refractivity contribution >= 4 is 0 Å². The molecule has 3 rings (SSSR count). The summed E-state index contributed by atoms with van der Waals surface area (Å²) in [6.07, 6.45) is 9.28. The van der Waals surface area contributed by atoms with E-state index in [1.54, 1.807) is 0 Å². The van der Waals surface area contributed by atoms with E-state index in [-0.39, 0.29) is 0 Å². The smallest absolute Gasteiger partial charge is 0.0476 e. The first-order valence-electron chi connectivity index (χ1n) is 5.46. The summed E-state index contributed by atoms with van der Waals surface area (Å²) < 4.78 is 0. The molecule has 0 spiro atoms. The molecule has 0 aromatic carbocycles. The third-order valence-electron chi connectivity index (χ3n) is 4.20. The van der Waals surface area contributed by atoms with Gasteiger partial charge >= 0.3 is 0 Å². The minimum atomic E-state index is 0.332. The minimum absolute atomic E-state index is 0.332. The molecule has 2 bridgehead atoms. The Bertz CT molecular complexity index is 325. The topological polar surface area (TPSA) is 16.1 Å². The summed E-state index contributed by atoms with van der Waals surface area (Å²) in [5, 5.41) is 0. The lowest BCUT2D eigenvalue weighted by molar-refractivity contribution is 0.195. The van der Waals surface area contributed by atoms with E-state index < -0.39 is 0 Å². The summed E-state index contributed by atoms with van der Waals surface area (Å²) in [5.41, 5.74) is 1.75. The Balaban J connectivity index is 2.05. The molecule has 2 heteroatoms. The second-order valence-electron chi connectivity index (χ2n) is 4.62. The molecule has 2 nitrogen and oxygen atoms in total. The number of hydrogen-bond acceptors (Lipinski definition) is 2. The summed E-state index contributed by atoms with van der Waals surface area (Å²) in [4.78, 5) is 6.82. The fourth-order valence-electron chi connectivity index (χ4n) is 3.30. The maximum Gasteiger partial charge on any atom is 0.0476 e. The average Bonchev–Trinajstić information content (AvgIpc) is 2.75. The lowest BCUT2D eigenvalue weighted by Gasteiger charge is -2.32. The molecular formula is C12H16N2. The summed E-state index contributed by atoms with van der Waals surface area (Å²) in [5.74, 6) is 0. The molecule has 2 aliphatic rings. The molecule has 3 heterocycles. The Morgan fingerprint density at radius 3 is 2.71 bits per heavy atom. The second kappa shape index (κ2) is 2.80. The van der Waals surface area contributed by atoms with E-state index in [1.165, 1.54) is 31.2 Å². The fraction of sp³-hybridized carbons (Fsp3) is 0.583. The lowest BCUT2D eigenvalue weighted by atomic mass is 9.82. The van der Waals surface area contributed by atoms with Crippen molar-refractivity contribution in [2.75, 3.05) is 7.05 Å². The third-order valence-corrected chi connectivity index (χ3v) is 4.20. The molecule has 0 N–H and O–H groups in total. The largest absolute Gasteiger partial charge is 0.294 e. The second-order valence-corrected chi connectivity index (χ2v) is 4.62. The van der Waals surface area contributed by atoms with E-state index in [0.717, 1.165) is 6.04 Å². The highest BCUT2D eigenvalue weighted by Gasteiger charge is 2.50. The van der Waals surface area contributed by atoms with Crippen LogP contribution in [0.5, 0.6) is 0 Å². The Kier molecular flexibility index (Phi) is 1.68. The van der Waals surface area contributed by atoms with Crippen LogP contribution in [0.25, 0.3) is 0 Å². The zero-order chi connectivity index (χ0) is 9.60. The Morgan fingerprint density at radius 2 is 2.21 bits per heavy atom. The van der Waals surface area contributed by atoms with Gasteiger partial charge in [-0.2, -0.15) is 0 Å². The molecular weight excluding hydrogens is 172 g/mol. The number of aromatic nitrogens is 1. The monoisotopic (exact) mass is 188 g/mol. The van der Waals surface area contributed by atoms with Crippen LogP contribution in [0.4, 0.5) is 0 Å². The number of pyridine rings is 1. The summed E-state index contributed by atoms with van der Waals surface area (Å²) >= 11 is 0. The molecule has 0 aliphatic carbocycles. The molecule has 0 saturated carbocycles. The van der Waals surface area contributed by atoms with Gasteiger partial charge in [-0.15, -0.1) is 0 Å². The van der Waals surface area contributed by atoms with Crippen molar-refractivity contribution in [2.24, 2.45) is 0 Å². The van der Waals surface area contributed by atoms with Crippen LogP contribution >= 0.6 is 0 Å². The van der Waals surface area contributed by atoms with E-state index >= 15 is 0 Å². The van der Waals surface area contributed by atoms with Gasteiger partial charge in [0.2, 0.25) is 0 Å². The van der Waals surface area contributed by atoms with E-state index in [4.69, 9.17) is 0 Å². The first-order valence-corrected chi connectivity index (χ1v) is 5.46. The van der Waals surface area contributed by atoms with Crippen molar-refractivity contribution in [2.45, 2.75) is 37.3 Å². The summed E-state index contributed by atoms with van der Waals surface area (Å²) in [6, 6.07) is 5.12. The SMILES string of the molecule is CN1C2CCC1(c1cccnc1)CC2. The number of fused-ring (bicyclic) bond motifs is 2. The van der Waals surface area contributed by atoms with Crippen molar-refractivity contribution in [3.05, 3.63) is 30.1 Å². The van der Waals surface area contributed by atoms with Crippen LogP contribution in [0.1, 0.15) is 31.2 Å². The highest BCUT2D eigenvalue weighted by molar-refractivity contribution is 5.25. The molecule has 2 fully saturated rings. The van der Waals surface area contributed by atoms with Crippen LogP contribution in [-0.2, 0) is 5.54 Å². The number of rotatable bonds is 1. The Labute approximate surface area is 85.0 Å². The quantitative estimate of drug-likeness (QED) is 0.671. The number of nitrogens with zero attached hydrogens (tertiary/aromatic N) is 2. The van der Waals surface area contributed by atoms with E-state index in [1.807, 2.05) is 12.4 Å². The van der Waals surface area contributed by atoms with Gasteiger partial charge in [-0.05, 0) is 44.4 Å². The normalized spacial score (nSPS) is 36.5. The van der Waals surface area contributed by atoms with Crippen LogP contribution < -0.4 is 0 Å². The molecule has 0 atom stereocenters. The van der Waals surface area contributed by atoms with Crippen LogP contribution in [0.3, 0.4) is 0 Å². The molecule has 74 valence electrons. The van der Waals surface area contributed by atoms with E-state index in [2.05, 4.69) is 29.1 Å². The first-order chi connectivity index (χ1) is 6.83. The molecule has 0 unspecified atom stereocenters. The van der Waals surface area contributed by atoms with Gasteiger partial charge in [0.25, 0.3) is 0 Å². The van der Waals surface area contributed by atoms with Crippen LogP contribution in [0.2, 0.25) is 0 Å². The summed E-state index contributed by atoms with van der Waals surface area (Å²) in [7, 11) is 2.28. The van der Waals surface area contributed by atoms with Crippen molar-refractivity contribution in [1.82, 2.24) is 9.88 Å². The molecule has 0 radical (unpaired) electrons. The predicted octanol–water partition coefficient (Wildman–Crippen LogP) is 2.16. The molecule has 14 heavy (non-hydrogen) atoms. The van der Waals surface area contributed by atoms with E-state index in [0.29, 0.717) is 5.54 Å². The van der Waals surface area contributed by atoms with Gasteiger partial charge in [-0.3, -0.25) is 9.88 Å². The van der Waals surface area contributed by atoms with Gasteiger partial charge in [0.15, 0.2) is 0 Å². The van der Waals surface area contributed by atoms with Crippen molar-refractivity contribution < 1.29 is 0 Å². The highest BCUT2D eigenvalue weighted by Crippen LogP contribution is 2.51. The van der Waals surface area contributed by atoms with E-state index in [9.17, 15) is 0 Å². The third kappa shape index (κ3) is 0.921. The van der Waals surface area contributed by atoms with Gasteiger partial charge in [0.05, 0.1) is 0 Å². The lowest BCUT2D eigenvalue weighted by Crippen LogP contribution is -2.35. The average molecular weight is 188 g/mol. The fourth-order valence-corrected chi connectivity index (χ4v) is 3.30. The maximum absolute atomic E-state index is 4.25. The Morgan fingerprint density at radius 1 is 1.43 bits per heavy atom. The highest BCUT2D eigenvalue weighted by atomic mass is 15.3. The maximum atomic E-state index is 4.25. The van der Waals surface area contributed by atoms with Crippen LogP contribution in [0, 0.1) is 0 Å². The van der Waals surface area contributed by atoms with Gasteiger partial charge < -0.3 is 0 Å². The van der Waals surface area contributed by atoms with Crippen molar-refractivity contribution in [3.63, 3.8) is 0 Å². The van der Waals surface area contributed by atoms with Gasteiger partial charge in [-0.1, -0.05) is 6.07 Å². The molecule has 2 saturated heterocycles. The van der Waals surface area contributed by atoms with Gasteiger partial charge in [0.1, 0.15) is 0 Å². The van der Waals surface area contributed by atoms with Crippen molar-refractivity contribution in [3.8, 4) is 0 Å². The first kappa shape index (κ1) is 8.42. The van der Waals surface area contributed by atoms with Gasteiger partial charge in [-0.25, -0.2) is 0 Å². The van der Waals surface area contributed by atoms with Crippen LogP contribution in [-0.4, -0.2) is 23.0 Å². The Hall–Kier alpha value is -0.890. The molecule has 1 aromatic rings. The van der Waals surface area contributed by atoms with Gasteiger partial charge in [0, 0.05) is 24.0 Å².